The number of benzene rings is 1. The van der Waals surface area contributed by atoms with Crippen LogP contribution in [0.25, 0.3) is 0 Å². The molecule has 1 aromatic carbocycles. The molecule has 2 fully saturated rings. The first-order valence-corrected chi connectivity index (χ1v) is 7.61. The van der Waals surface area contributed by atoms with E-state index in [1.807, 2.05) is 0 Å². The zero-order chi connectivity index (χ0) is 15.5. The van der Waals surface area contributed by atoms with Crippen molar-refractivity contribution in [3.63, 3.8) is 0 Å². The highest BCUT2D eigenvalue weighted by Gasteiger charge is 2.36. The van der Waals surface area contributed by atoms with Crippen molar-refractivity contribution in [3.05, 3.63) is 29.8 Å². The Morgan fingerprint density at radius 3 is 2.50 bits per heavy atom. The molecule has 4 nitrogen and oxygen atoms in total. The molecule has 2 heterocycles. The summed E-state index contributed by atoms with van der Waals surface area (Å²) < 4.78 is 41.2. The van der Waals surface area contributed by atoms with Crippen LogP contribution in [0, 0.1) is 0 Å². The minimum Gasteiger partial charge on any atom is -0.434 e. The summed E-state index contributed by atoms with van der Waals surface area (Å²) in [4.78, 5) is 0. The van der Waals surface area contributed by atoms with Crippen LogP contribution in [0.4, 0.5) is 8.78 Å². The Balaban J connectivity index is 1.71. The maximum atomic E-state index is 12.5. The summed E-state index contributed by atoms with van der Waals surface area (Å²) in [7, 11) is 0. The number of halogens is 2. The Morgan fingerprint density at radius 2 is 1.86 bits per heavy atom. The van der Waals surface area contributed by atoms with E-state index in [4.69, 9.17) is 9.47 Å². The maximum absolute atomic E-state index is 12.5. The van der Waals surface area contributed by atoms with Gasteiger partial charge in [0.2, 0.25) is 0 Å². The second-order valence-electron chi connectivity index (χ2n) is 5.77. The van der Waals surface area contributed by atoms with Crippen molar-refractivity contribution in [1.29, 1.82) is 0 Å². The highest BCUT2D eigenvalue weighted by Crippen LogP contribution is 2.37. The van der Waals surface area contributed by atoms with E-state index in [1.54, 1.807) is 18.2 Å². The summed E-state index contributed by atoms with van der Waals surface area (Å²) >= 11 is 0. The lowest BCUT2D eigenvalue weighted by atomic mass is 10.0. The van der Waals surface area contributed by atoms with Crippen molar-refractivity contribution >= 4 is 0 Å². The van der Waals surface area contributed by atoms with Crippen LogP contribution in [0.5, 0.6) is 5.75 Å². The zero-order valence-electron chi connectivity index (χ0n) is 12.2. The zero-order valence-corrected chi connectivity index (χ0v) is 12.2. The van der Waals surface area contributed by atoms with Crippen LogP contribution in [0.1, 0.15) is 37.4 Å². The molecule has 0 aliphatic carbocycles. The molecule has 6 heteroatoms. The van der Waals surface area contributed by atoms with Crippen molar-refractivity contribution in [3.8, 4) is 5.75 Å². The third kappa shape index (κ3) is 3.56. The third-order valence-corrected chi connectivity index (χ3v) is 4.25. The van der Waals surface area contributed by atoms with Gasteiger partial charge in [0.05, 0.1) is 24.9 Å². The van der Waals surface area contributed by atoms with Crippen LogP contribution in [-0.2, 0) is 9.47 Å². The molecule has 0 spiro atoms. The van der Waals surface area contributed by atoms with Gasteiger partial charge < -0.3 is 19.3 Å². The van der Waals surface area contributed by atoms with Crippen molar-refractivity contribution < 1.29 is 28.1 Å². The van der Waals surface area contributed by atoms with E-state index < -0.39 is 12.7 Å². The van der Waals surface area contributed by atoms with Crippen LogP contribution in [-0.4, -0.2) is 36.6 Å². The summed E-state index contributed by atoms with van der Waals surface area (Å²) in [6.45, 7) is -3.18. The van der Waals surface area contributed by atoms with Gasteiger partial charge in [0, 0.05) is 5.56 Å². The molecule has 0 unspecified atom stereocenters. The number of alkyl halides is 2. The number of para-hydroxylation sites is 1. The molecular weight excluding hydrogens is 294 g/mol. The fraction of sp³-hybridized carbons (Fsp3) is 0.625. The van der Waals surface area contributed by atoms with Gasteiger partial charge in [-0.25, -0.2) is 0 Å². The van der Waals surface area contributed by atoms with Crippen molar-refractivity contribution in [2.24, 2.45) is 0 Å². The molecule has 0 aromatic heterocycles. The molecule has 1 N–H and O–H groups in total. The van der Waals surface area contributed by atoms with Crippen LogP contribution in [0.15, 0.2) is 24.3 Å². The Labute approximate surface area is 128 Å². The largest absolute Gasteiger partial charge is 0.434 e. The Bertz CT molecular complexity index is 485. The van der Waals surface area contributed by atoms with E-state index in [0.29, 0.717) is 5.56 Å². The van der Waals surface area contributed by atoms with Crippen LogP contribution in [0.3, 0.4) is 0 Å². The SMILES string of the molecule is OC[C@H](O[C@@H]1C[C@H]2CC[C@@H](C1)O2)c1ccccc1OC(F)F. The highest BCUT2D eigenvalue weighted by molar-refractivity contribution is 5.35. The molecule has 0 radical (unpaired) electrons. The van der Waals surface area contributed by atoms with Crippen molar-refractivity contribution in [2.45, 2.75) is 56.7 Å². The number of hydrogen-bond donors (Lipinski definition) is 1. The summed E-state index contributed by atoms with van der Waals surface area (Å²) in [6.07, 6.45) is 3.39. The number of hydrogen-bond acceptors (Lipinski definition) is 4. The monoisotopic (exact) mass is 314 g/mol. The first-order chi connectivity index (χ1) is 10.7. The Hall–Kier alpha value is -1.24. The fourth-order valence-corrected chi connectivity index (χ4v) is 3.32. The lowest BCUT2D eigenvalue weighted by molar-refractivity contribution is -0.116. The van der Waals surface area contributed by atoms with E-state index in [0.717, 1.165) is 25.7 Å². The van der Waals surface area contributed by atoms with Gasteiger partial charge in [-0.2, -0.15) is 8.78 Å². The average Bonchev–Trinajstić information content (AvgIpc) is 2.84. The average molecular weight is 314 g/mol. The number of ether oxygens (including phenoxy) is 3. The molecule has 2 aliphatic heterocycles. The lowest BCUT2D eigenvalue weighted by Gasteiger charge is -2.31. The van der Waals surface area contributed by atoms with E-state index in [2.05, 4.69) is 4.74 Å². The van der Waals surface area contributed by atoms with Crippen molar-refractivity contribution in [2.75, 3.05) is 6.61 Å². The summed E-state index contributed by atoms with van der Waals surface area (Å²) in [5.41, 5.74) is 0.448. The Morgan fingerprint density at radius 1 is 1.18 bits per heavy atom. The second-order valence-corrected chi connectivity index (χ2v) is 5.77. The summed E-state index contributed by atoms with van der Waals surface area (Å²) in [5, 5.41) is 9.62. The molecule has 122 valence electrons. The first kappa shape index (κ1) is 15.6. The number of aliphatic hydroxyl groups excluding tert-OH is 1. The standard InChI is InChI=1S/C16H20F2O4/c17-16(18)22-14-4-2-1-3-13(14)15(9-19)21-12-7-10-5-6-11(8-12)20-10/h1-4,10-12,15-16,19H,5-9H2/t10-,11+,12-,15-/m0/s1. The van der Waals surface area contributed by atoms with Gasteiger partial charge in [-0.3, -0.25) is 0 Å². The second kappa shape index (κ2) is 6.89. The van der Waals surface area contributed by atoms with Crippen molar-refractivity contribution in [1.82, 2.24) is 0 Å². The molecule has 1 aromatic rings. The molecule has 4 atom stereocenters. The van der Waals surface area contributed by atoms with Crippen LogP contribution in [0.2, 0.25) is 0 Å². The maximum Gasteiger partial charge on any atom is 0.387 e. The Kier molecular flexibility index (Phi) is 4.90. The normalized spacial score (nSPS) is 28.8. The molecular formula is C16H20F2O4. The highest BCUT2D eigenvalue weighted by atomic mass is 19.3. The van der Waals surface area contributed by atoms with Gasteiger partial charge in [0.25, 0.3) is 0 Å². The van der Waals surface area contributed by atoms with E-state index >= 15 is 0 Å². The lowest BCUT2D eigenvalue weighted by Crippen LogP contribution is -2.32. The number of rotatable bonds is 6. The molecule has 0 amide bonds. The fourth-order valence-electron chi connectivity index (χ4n) is 3.32. The predicted octanol–water partition coefficient (Wildman–Crippen LogP) is 3.05. The van der Waals surface area contributed by atoms with Crippen LogP contribution >= 0.6 is 0 Å². The quantitative estimate of drug-likeness (QED) is 0.877. The minimum atomic E-state index is -2.90. The van der Waals surface area contributed by atoms with Crippen LogP contribution < -0.4 is 4.74 Å². The molecule has 2 saturated heterocycles. The van der Waals surface area contributed by atoms with Gasteiger partial charge >= 0.3 is 6.61 Å². The van der Waals surface area contributed by atoms with Gasteiger partial charge in [0.1, 0.15) is 11.9 Å². The molecule has 2 aliphatic rings. The van der Waals surface area contributed by atoms with E-state index in [-0.39, 0.29) is 30.7 Å². The number of aliphatic hydroxyl groups is 1. The van der Waals surface area contributed by atoms with Gasteiger partial charge in [0.15, 0.2) is 0 Å². The van der Waals surface area contributed by atoms with E-state index in [9.17, 15) is 13.9 Å². The number of fused-ring (bicyclic) bond motifs is 2. The molecule has 22 heavy (non-hydrogen) atoms. The minimum absolute atomic E-state index is 0.0250. The summed E-state index contributed by atoms with van der Waals surface area (Å²) in [6, 6.07) is 6.44. The van der Waals surface area contributed by atoms with Gasteiger partial charge in [-0.1, -0.05) is 18.2 Å². The first-order valence-electron chi connectivity index (χ1n) is 7.61. The molecule has 0 saturated carbocycles. The molecule has 3 rings (SSSR count). The van der Waals surface area contributed by atoms with Gasteiger partial charge in [-0.15, -0.1) is 0 Å². The van der Waals surface area contributed by atoms with E-state index in [1.165, 1.54) is 6.07 Å². The predicted molar refractivity (Wildman–Crippen MR) is 74.9 cm³/mol. The molecule has 2 bridgehead atoms. The smallest absolute Gasteiger partial charge is 0.387 e. The topological polar surface area (TPSA) is 47.9 Å². The van der Waals surface area contributed by atoms with Gasteiger partial charge in [-0.05, 0) is 31.7 Å². The summed E-state index contributed by atoms with van der Waals surface area (Å²) in [5.74, 6) is 0.0478. The third-order valence-electron chi connectivity index (χ3n) is 4.25.